The van der Waals surface area contributed by atoms with Crippen molar-refractivity contribution in [3.05, 3.63) is 62.6 Å². The van der Waals surface area contributed by atoms with Crippen LogP contribution in [-0.2, 0) is 27.2 Å². The average Bonchev–Trinajstić information content (AvgIpc) is 2.98. The highest BCUT2D eigenvalue weighted by Crippen LogP contribution is 2.16. The predicted octanol–water partition coefficient (Wildman–Crippen LogP) is 0.230. The number of fused-ring (bicyclic) bond motifs is 1. The number of hydrogen-bond acceptors (Lipinski definition) is 3. The fraction of sp³-hybridized carbons (Fsp3) is 0.421. The average molecular weight is 356 g/mol. The lowest BCUT2D eigenvalue weighted by molar-refractivity contribution is -0.908. The molecule has 0 saturated carbocycles. The van der Waals surface area contributed by atoms with Crippen molar-refractivity contribution in [2.24, 2.45) is 14.1 Å². The van der Waals surface area contributed by atoms with Gasteiger partial charge in [-0.25, -0.2) is 9.78 Å². The van der Waals surface area contributed by atoms with Crippen molar-refractivity contribution in [3.8, 4) is 0 Å². The lowest BCUT2D eigenvalue weighted by Gasteiger charge is -2.17. The van der Waals surface area contributed by atoms with Crippen molar-refractivity contribution < 1.29 is 4.90 Å². The smallest absolute Gasteiger partial charge is 0.327 e. The van der Waals surface area contributed by atoms with Crippen molar-refractivity contribution in [1.29, 1.82) is 0 Å². The van der Waals surface area contributed by atoms with Gasteiger partial charge in [-0.05, 0) is 13.8 Å². The topological polar surface area (TPSA) is 66.3 Å². The van der Waals surface area contributed by atoms with Crippen LogP contribution in [0.1, 0.15) is 31.3 Å². The number of nitrogens with zero attached hydrogens (tertiary/aromatic N) is 4. The van der Waals surface area contributed by atoms with E-state index in [2.05, 4.69) is 24.2 Å². The van der Waals surface area contributed by atoms with Gasteiger partial charge >= 0.3 is 5.69 Å². The maximum atomic E-state index is 12.7. The van der Waals surface area contributed by atoms with Gasteiger partial charge in [-0.1, -0.05) is 30.3 Å². The van der Waals surface area contributed by atoms with Crippen LogP contribution in [0.4, 0.5) is 0 Å². The van der Waals surface area contributed by atoms with Gasteiger partial charge in [0.15, 0.2) is 17.0 Å². The highest BCUT2D eigenvalue weighted by atomic mass is 16.2. The number of quaternary nitrogens is 1. The fourth-order valence-corrected chi connectivity index (χ4v) is 3.42. The second-order valence-electron chi connectivity index (χ2n) is 7.17. The van der Waals surface area contributed by atoms with Crippen molar-refractivity contribution in [2.75, 3.05) is 7.05 Å². The van der Waals surface area contributed by atoms with Gasteiger partial charge in [-0.3, -0.25) is 13.9 Å². The summed E-state index contributed by atoms with van der Waals surface area (Å²) in [6, 6.07) is 10.4. The molecule has 0 fully saturated rings. The number of rotatable bonds is 5. The molecular weight excluding hydrogens is 330 g/mol. The number of aryl methyl sites for hydroxylation is 1. The molecule has 0 aliphatic heterocycles. The van der Waals surface area contributed by atoms with Gasteiger partial charge in [-0.15, -0.1) is 0 Å². The summed E-state index contributed by atoms with van der Waals surface area (Å²) in [4.78, 5) is 30.9. The van der Waals surface area contributed by atoms with Gasteiger partial charge in [0.25, 0.3) is 5.56 Å². The molecule has 1 unspecified atom stereocenters. The first-order valence-electron chi connectivity index (χ1n) is 8.83. The van der Waals surface area contributed by atoms with Crippen LogP contribution in [0.2, 0.25) is 0 Å². The van der Waals surface area contributed by atoms with Gasteiger partial charge in [0.2, 0.25) is 0 Å². The van der Waals surface area contributed by atoms with E-state index >= 15 is 0 Å². The van der Waals surface area contributed by atoms with E-state index in [0.717, 1.165) is 16.9 Å². The summed E-state index contributed by atoms with van der Waals surface area (Å²) in [6.45, 7) is 5.58. The monoisotopic (exact) mass is 356 g/mol. The summed E-state index contributed by atoms with van der Waals surface area (Å²) in [5.74, 6) is 0.821. The molecule has 0 spiro atoms. The minimum Gasteiger partial charge on any atom is -0.327 e. The molecule has 0 aliphatic carbocycles. The molecule has 1 N–H and O–H groups in total. The Morgan fingerprint density at radius 3 is 2.31 bits per heavy atom. The summed E-state index contributed by atoms with van der Waals surface area (Å²) in [7, 11) is 5.27. The van der Waals surface area contributed by atoms with Gasteiger partial charge < -0.3 is 9.47 Å². The summed E-state index contributed by atoms with van der Waals surface area (Å²) >= 11 is 0. The SMILES string of the molecule is CC(C)n1c(C[NH+](C)Cc2ccccc2)nc2c1c(=O)n(C)c(=O)n2C. The largest absolute Gasteiger partial charge is 0.332 e. The molecule has 2 aromatic heterocycles. The number of nitrogens with one attached hydrogen (secondary N) is 1. The van der Waals surface area contributed by atoms with Gasteiger partial charge in [-0.2, -0.15) is 0 Å². The molecule has 0 saturated heterocycles. The Balaban J connectivity index is 2.07. The third-order valence-electron chi connectivity index (χ3n) is 4.69. The van der Waals surface area contributed by atoms with E-state index in [-0.39, 0.29) is 17.3 Å². The van der Waals surface area contributed by atoms with Crippen LogP contribution in [0.3, 0.4) is 0 Å². The van der Waals surface area contributed by atoms with E-state index in [4.69, 9.17) is 0 Å². The molecule has 0 radical (unpaired) electrons. The van der Waals surface area contributed by atoms with Crippen LogP contribution in [-0.4, -0.2) is 25.7 Å². The first-order valence-corrected chi connectivity index (χ1v) is 8.83. The lowest BCUT2D eigenvalue weighted by atomic mass is 10.2. The van der Waals surface area contributed by atoms with Crippen molar-refractivity contribution in [1.82, 2.24) is 18.7 Å². The number of imidazole rings is 1. The van der Waals surface area contributed by atoms with Crippen LogP contribution in [0.15, 0.2) is 39.9 Å². The second-order valence-corrected chi connectivity index (χ2v) is 7.17. The second kappa shape index (κ2) is 6.92. The van der Waals surface area contributed by atoms with Crippen LogP contribution in [0, 0.1) is 0 Å². The minimum absolute atomic E-state index is 0.0738. The summed E-state index contributed by atoms with van der Waals surface area (Å²) < 4.78 is 4.56. The number of hydrogen-bond donors (Lipinski definition) is 1. The Morgan fingerprint density at radius 1 is 1.04 bits per heavy atom. The minimum atomic E-state index is -0.354. The Kier molecular flexibility index (Phi) is 4.82. The molecule has 1 aromatic carbocycles. The zero-order valence-electron chi connectivity index (χ0n) is 16.0. The molecule has 0 amide bonds. The van der Waals surface area contributed by atoms with Crippen LogP contribution < -0.4 is 16.1 Å². The molecule has 26 heavy (non-hydrogen) atoms. The van der Waals surface area contributed by atoms with Gasteiger partial charge in [0, 0.05) is 25.7 Å². The Hall–Kier alpha value is -2.67. The highest BCUT2D eigenvalue weighted by Gasteiger charge is 2.22. The fourth-order valence-electron chi connectivity index (χ4n) is 3.42. The van der Waals surface area contributed by atoms with Gasteiger partial charge in [0.1, 0.15) is 13.1 Å². The first kappa shape index (κ1) is 18.1. The summed E-state index contributed by atoms with van der Waals surface area (Å²) in [6.07, 6.45) is 0. The third-order valence-corrected chi connectivity index (χ3v) is 4.69. The van der Waals surface area contributed by atoms with E-state index in [1.165, 1.54) is 22.1 Å². The van der Waals surface area contributed by atoms with E-state index in [1.807, 2.05) is 36.6 Å². The molecule has 7 heteroatoms. The molecule has 3 rings (SSSR count). The van der Waals surface area contributed by atoms with E-state index < -0.39 is 0 Å². The van der Waals surface area contributed by atoms with Crippen LogP contribution >= 0.6 is 0 Å². The molecule has 3 aromatic rings. The molecule has 138 valence electrons. The third kappa shape index (κ3) is 3.10. The quantitative estimate of drug-likeness (QED) is 0.712. The zero-order chi connectivity index (χ0) is 19.0. The summed E-state index contributed by atoms with van der Waals surface area (Å²) in [5, 5.41) is 0. The Morgan fingerprint density at radius 2 is 1.69 bits per heavy atom. The van der Waals surface area contributed by atoms with E-state index in [1.54, 1.807) is 7.05 Å². The molecule has 0 aliphatic rings. The van der Waals surface area contributed by atoms with Crippen LogP contribution in [0.5, 0.6) is 0 Å². The number of benzene rings is 1. The van der Waals surface area contributed by atoms with Crippen LogP contribution in [0.25, 0.3) is 11.2 Å². The summed E-state index contributed by atoms with van der Waals surface area (Å²) in [5.41, 5.74) is 1.55. The molecule has 0 bridgehead atoms. The number of aromatic nitrogens is 4. The maximum absolute atomic E-state index is 12.7. The van der Waals surface area contributed by atoms with Gasteiger partial charge in [0.05, 0.1) is 7.05 Å². The Bertz CT molecular complexity index is 1040. The van der Waals surface area contributed by atoms with E-state index in [0.29, 0.717) is 17.7 Å². The van der Waals surface area contributed by atoms with Crippen molar-refractivity contribution >= 4 is 11.2 Å². The normalized spacial score (nSPS) is 12.8. The molecule has 1 atom stereocenters. The zero-order valence-corrected chi connectivity index (χ0v) is 16.0. The molecular formula is C19H26N5O2+. The van der Waals surface area contributed by atoms with E-state index in [9.17, 15) is 9.59 Å². The van der Waals surface area contributed by atoms with Crippen molar-refractivity contribution in [3.63, 3.8) is 0 Å². The molecule has 2 heterocycles. The highest BCUT2D eigenvalue weighted by molar-refractivity contribution is 5.71. The molecule has 7 nitrogen and oxygen atoms in total. The lowest BCUT2D eigenvalue weighted by Crippen LogP contribution is -3.06. The standard InChI is InChI=1S/C19H25N5O2/c1-13(2)24-15(12-21(3)11-14-9-7-6-8-10-14)20-17-16(24)18(25)23(5)19(26)22(17)4/h6-10,13H,11-12H2,1-5H3/p+1. The predicted molar refractivity (Wildman–Crippen MR) is 101 cm³/mol. The van der Waals surface area contributed by atoms with Crippen molar-refractivity contribution in [2.45, 2.75) is 33.0 Å². The maximum Gasteiger partial charge on any atom is 0.332 e. The first-order chi connectivity index (χ1) is 12.3. The Labute approximate surface area is 152 Å².